The van der Waals surface area contributed by atoms with Gasteiger partial charge < -0.3 is 25.4 Å². The summed E-state index contributed by atoms with van der Waals surface area (Å²) >= 11 is 0. The molecule has 1 fully saturated rings. The number of carbonyl (C=O) groups is 1. The number of allylic oxidation sites excluding steroid dienone is 1. The lowest BCUT2D eigenvalue weighted by atomic mass is 9.97. The van der Waals surface area contributed by atoms with Gasteiger partial charge in [0.2, 0.25) is 5.91 Å². The second-order valence-electron chi connectivity index (χ2n) is 11.0. The number of hydrogen-bond acceptors (Lipinski definition) is 10. The third-order valence-corrected chi connectivity index (χ3v) is 7.81. The molecule has 11 nitrogen and oxygen atoms in total. The summed E-state index contributed by atoms with van der Waals surface area (Å²) < 4.78 is 26.0. The third-order valence-electron chi connectivity index (χ3n) is 7.81. The van der Waals surface area contributed by atoms with Crippen molar-refractivity contribution in [2.24, 2.45) is 0 Å². The molecule has 12 heteroatoms. The van der Waals surface area contributed by atoms with Crippen molar-refractivity contribution in [1.29, 1.82) is 5.41 Å². The first-order valence-corrected chi connectivity index (χ1v) is 14.8. The van der Waals surface area contributed by atoms with Gasteiger partial charge in [0, 0.05) is 66.4 Å². The molecule has 0 spiro atoms. The second kappa shape index (κ2) is 13.1. The third kappa shape index (κ3) is 6.90. The van der Waals surface area contributed by atoms with Gasteiger partial charge >= 0.3 is 0 Å². The van der Waals surface area contributed by atoms with Crippen molar-refractivity contribution in [3.05, 3.63) is 101 Å². The molecule has 1 atom stereocenters. The zero-order valence-electron chi connectivity index (χ0n) is 24.8. The fourth-order valence-corrected chi connectivity index (χ4v) is 5.29. The molecule has 1 aliphatic heterocycles. The monoisotopic (exact) mass is 608 g/mol. The average molecular weight is 609 g/mol. The van der Waals surface area contributed by atoms with Crippen LogP contribution in [0.2, 0.25) is 0 Å². The maximum atomic E-state index is 14.4. The highest BCUT2D eigenvalue weighted by Gasteiger charge is 2.31. The van der Waals surface area contributed by atoms with Crippen molar-refractivity contribution in [3.8, 4) is 17.2 Å². The molecule has 4 aromatic rings. The minimum absolute atomic E-state index is 0.0269. The van der Waals surface area contributed by atoms with Gasteiger partial charge in [0.1, 0.15) is 53.5 Å². The van der Waals surface area contributed by atoms with Gasteiger partial charge in [-0.1, -0.05) is 6.08 Å². The Bertz CT molecular complexity index is 1740. The van der Waals surface area contributed by atoms with E-state index in [1.54, 1.807) is 49.6 Å². The molecule has 2 aliphatic rings. The predicted octanol–water partition coefficient (Wildman–Crippen LogP) is 5.21. The predicted molar refractivity (Wildman–Crippen MR) is 167 cm³/mol. The van der Waals surface area contributed by atoms with E-state index in [1.807, 2.05) is 11.0 Å². The first kappa shape index (κ1) is 29.7. The number of hydrogen-bond donors (Lipinski definition) is 3. The molecular formula is C33H33FN8O3. The molecule has 45 heavy (non-hydrogen) atoms. The number of halogens is 1. The smallest absolute Gasteiger partial charge is 0.249 e. The molecular weight excluding hydrogens is 575 g/mol. The van der Waals surface area contributed by atoms with E-state index in [0.29, 0.717) is 40.8 Å². The number of carbonyl (C=O) groups excluding carboxylic acids is 1. The van der Waals surface area contributed by atoms with E-state index in [1.165, 1.54) is 18.5 Å². The van der Waals surface area contributed by atoms with E-state index in [-0.39, 0.29) is 35.8 Å². The molecule has 3 heterocycles. The van der Waals surface area contributed by atoms with E-state index in [2.05, 4.69) is 25.3 Å². The van der Waals surface area contributed by atoms with Crippen molar-refractivity contribution < 1.29 is 18.7 Å². The molecule has 2 aromatic heterocycles. The maximum absolute atomic E-state index is 14.4. The summed E-state index contributed by atoms with van der Waals surface area (Å²) in [5.41, 5.74) is 8.93. The number of aromatic nitrogens is 4. The fraction of sp³-hybridized carbons (Fsp3) is 0.273. The topological polar surface area (TPSA) is 152 Å². The molecule has 4 N–H and O–H groups in total. The first-order chi connectivity index (χ1) is 21.8. The summed E-state index contributed by atoms with van der Waals surface area (Å²) in [5, 5.41) is 12.2. The standard InChI is InChI=1S/C33H33FN8O3/c1-20-37-15-21(16-38-20)18-44-27-12-24(34)13-28(14-27)45-26-9-7-22(8-10-26)30(35)29-31(36)40-19-41-32(29)39-17-25-6-3-11-42(25)33(43)23-4-2-5-23/h4,7-10,12-16,19,25,35H,2-3,5-6,11,17-18H2,1H3,(H3,36,39,40,41). The fourth-order valence-electron chi connectivity index (χ4n) is 5.29. The van der Waals surface area contributed by atoms with Gasteiger partial charge in [0.15, 0.2) is 0 Å². The number of benzene rings is 2. The van der Waals surface area contributed by atoms with Crippen LogP contribution in [0.5, 0.6) is 17.2 Å². The summed E-state index contributed by atoms with van der Waals surface area (Å²) in [6.07, 6.45) is 10.3. The molecule has 1 amide bonds. The lowest BCUT2D eigenvalue weighted by Gasteiger charge is -2.28. The molecule has 6 rings (SSSR count). The van der Waals surface area contributed by atoms with Crippen LogP contribution in [0.3, 0.4) is 0 Å². The summed E-state index contributed by atoms with van der Waals surface area (Å²) in [5.74, 6) is 1.86. The summed E-state index contributed by atoms with van der Waals surface area (Å²) in [6.45, 7) is 3.19. The highest BCUT2D eigenvalue weighted by molar-refractivity contribution is 6.16. The van der Waals surface area contributed by atoms with Crippen LogP contribution in [0, 0.1) is 18.2 Å². The Morgan fingerprint density at radius 1 is 1.09 bits per heavy atom. The highest BCUT2D eigenvalue weighted by atomic mass is 19.1. The van der Waals surface area contributed by atoms with Crippen LogP contribution in [-0.4, -0.2) is 55.6 Å². The molecule has 0 saturated carbocycles. The molecule has 1 aliphatic carbocycles. The molecule has 0 radical (unpaired) electrons. The molecule has 1 saturated heterocycles. The quantitative estimate of drug-likeness (QED) is 0.195. The number of nitrogen functional groups attached to an aromatic ring is 1. The van der Waals surface area contributed by atoms with Gasteiger partial charge in [-0.05, 0) is 56.9 Å². The lowest BCUT2D eigenvalue weighted by molar-refractivity contribution is -0.128. The zero-order valence-corrected chi connectivity index (χ0v) is 24.8. The first-order valence-electron chi connectivity index (χ1n) is 14.8. The van der Waals surface area contributed by atoms with E-state index in [4.69, 9.17) is 20.6 Å². The summed E-state index contributed by atoms with van der Waals surface area (Å²) in [4.78, 5) is 31.5. The van der Waals surface area contributed by atoms with Gasteiger partial charge in [-0.15, -0.1) is 0 Å². The number of amides is 1. The SMILES string of the molecule is Cc1ncc(COc2cc(F)cc(Oc3ccc(C(=N)c4c(N)ncnc4NCC4CCCN4C(=O)C4=CCC4)cc3)c2)cn1. The van der Waals surface area contributed by atoms with Crippen LogP contribution in [0.25, 0.3) is 0 Å². The van der Waals surface area contributed by atoms with Crippen molar-refractivity contribution in [3.63, 3.8) is 0 Å². The minimum Gasteiger partial charge on any atom is -0.489 e. The largest absolute Gasteiger partial charge is 0.489 e. The van der Waals surface area contributed by atoms with Crippen LogP contribution < -0.4 is 20.5 Å². The zero-order chi connectivity index (χ0) is 31.3. The molecule has 1 unspecified atom stereocenters. The Balaban J connectivity index is 1.11. The van der Waals surface area contributed by atoms with Crippen molar-refractivity contribution in [2.75, 3.05) is 24.1 Å². The normalized spacial score (nSPS) is 15.6. The van der Waals surface area contributed by atoms with Crippen LogP contribution in [0.1, 0.15) is 48.2 Å². The lowest BCUT2D eigenvalue weighted by Crippen LogP contribution is -2.41. The van der Waals surface area contributed by atoms with Gasteiger partial charge in [-0.2, -0.15) is 0 Å². The number of anilines is 2. The highest BCUT2D eigenvalue weighted by Crippen LogP contribution is 2.30. The Kier molecular flexibility index (Phi) is 8.63. The summed E-state index contributed by atoms with van der Waals surface area (Å²) in [6, 6.07) is 11.0. The minimum atomic E-state index is -0.508. The Morgan fingerprint density at radius 3 is 2.58 bits per heavy atom. The number of nitrogens with zero attached hydrogens (tertiary/aromatic N) is 5. The number of nitrogens with two attached hydrogens (primary N) is 1. The van der Waals surface area contributed by atoms with Gasteiger partial charge in [0.05, 0.1) is 11.3 Å². The Morgan fingerprint density at radius 2 is 1.84 bits per heavy atom. The molecule has 0 bridgehead atoms. The van der Waals surface area contributed by atoms with Crippen molar-refractivity contribution in [1.82, 2.24) is 24.8 Å². The van der Waals surface area contributed by atoms with Crippen LogP contribution >= 0.6 is 0 Å². The number of ether oxygens (including phenoxy) is 2. The average Bonchev–Trinajstić information content (AvgIpc) is 3.48. The van der Waals surface area contributed by atoms with E-state index in [0.717, 1.165) is 43.4 Å². The Hall–Kier alpha value is -5.39. The van der Waals surface area contributed by atoms with Crippen LogP contribution in [-0.2, 0) is 11.4 Å². The van der Waals surface area contributed by atoms with Gasteiger partial charge in [-0.3, -0.25) is 10.2 Å². The molecule has 2 aromatic carbocycles. The van der Waals surface area contributed by atoms with Crippen LogP contribution in [0.15, 0.2) is 72.8 Å². The van der Waals surface area contributed by atoms with E-state index >= 15 is 0 Å². The number of nitrogens with one attached hydrogen (secondary N) is 2. The number of aryl methyl sites for hydroxylation is 1. The van der Waals surface area contributed by atoms with Crippen LogP contribution in [0.4, 0.5) is 16.0 Å². The van der Waals surface area contributed by atoms with Gasteiger partial charge in [0.25, 0.3) is 0 Å². The maximum Gasteiger partial charge on any atom is 0.249 e. The summed E-state index contributed by atoms with van der Waals surface area (Å²) in [7, 11) is 0. The number of rotatable bonds is 11. The van der Waals surface area contributed by atoms with E-state index in [9.17, 15) is 9.18 Å². The van der Waals surface area contributed by atoms with Crippen molar-refractivity contribution in [2.45, 2.75) is 45.3 Å². The van der Waals surface area contributed by atoms with Gasteiger partial charge in [-0.25, -0.2) is 24.3 Å². The Labute approximate surface area is 259 Å². The second-order valence-corrected chi connectivity index (χ2v) is 11.0. The van der Waals surface area contributed by atoms with E-state index < -0.39 is 5.82 Å². The molecule has 230 valence electrons. The number of likely N-dealkylation sites (tertiary alicyclic amines) is 1. The van der Waals surface area contributed by atoms with Crippen molar-refractivity contribution >= 4 is 23.3 Å².